The number of nitrogens with one attached hydrogen (secondary N) is 1. The Balaban J connectivity index is 2.03. The number of benzene rings is 2. The zero-order chi connectivity index (χ0) is 23.5. The van der Waals surface area contributed by atoms with Crippen molar-refractivity contribution in [2.75, 3.05) is 13.2 Å². The number of hydrogen-bond acceptors (Lipinski definition) is 3. The van der Waals surface area contributed by atoms with E-state index in [-0.39, 0.29) is 30.6 Å². The van der Waals surface area contributed by atoms with Gasteiger partial charge in [0.2, 0.25) is 11.8 Å². The highest BCUT2D eigenvalue weighted by Crippen LogP contribution is 2.16. The molecule has 0 heterocycles. The minimum absolute atomic E-state index is 0.117. The molecule has 0 saturated carbocycles. The van der Waals surface area contributed by atoms with Gasteiger partial charge in [-0.15, -0.1) is 0 Å². The number of carbonyl (C=O) groups is 2. The normalized spacial score (nSPS) is 11.8. The molecule has 1 unspecified atom stereocenters. The number of aryl methyl sites for hydroxylation is 1. The van der Waals surface area contributed by atoms with Gasteiger partial charge >= 0.3 is 0 Å². The van der Waals surface area contributed by atoms with Gasteiger partial charge in [0, 0.05) is 19.5 Å². The van der Waals surface area contributed by atoms with Crippen molar-refractivity contribution in [2.24, 2.45) is 5.92 Å². The summed E-state index contributed by atoms with van der Waals surface area (Å²) >= 11 is 0. The van der Waals surface area contributed by atoms with Crippen molar-refractivity contribution in [2.45, 2.75) is 59.5 Å². The molecule has 2 aromatic rings. The first-order valence-electron chi connectivity index (χ1n) is 11.3. The van der Waals surface area contributed by atoms with Gasteiger partial charge in [-0.25, -0.2) is 4.39 Å². The van der Waals surface area contributed by atoms with Crippen molar-refractivity contribution >= 4 is 11.8 Å². The highest BCUT2D eigenvalue weighted by molar-refractivity contribution is 5.87. The third-order valence-electron chi connectivity index (χ3n) is 5.16. The fourth-order valence-electron chi connectivity index (χ4n) is 3.32. The summed E-state index contributed by atoms with van der Waals surface area (Å²) in [6.07, 6.45) is 1.30. The van der Waals surface area contributed by atoms with E-state index in [0.717, 1.165) is 16.9 Å². The molecule has 2 amide bonds. The van der Waals surface area contributed by atoms with Gasteiger partial charge in [0.25, 0.3) is 0 Å². The predicted molar refractivity (Wildman–Crippen MR) is 125 cm³/mol. The minimum atomic E-state index is -0.579. The van der Waals surface area contributed by atoms with Crippen molar-refractivity contribution in [1.82, 2.24) is 10.2 Å². The predicted octanol–water partition coefficient (Wildman–Crippen LogP) is 4.87. The molecular formula is C26H35FN2O3. The molecule has 1 N–H and O–H groups in total. The van der Waals surface area contributed by atoms with E-state index in [2.05, 4.69) is 5.32 Å². The molecule has 0 fully saturated rings. The Labute approximate surface area is 191 Å². The number of amides is 2. The Morgan fingerprint density at radius 2 is 1.72 bits per heavy atom. The van der Waals surface area contributed by atoms with Crippen LogP contribution in [0.4, 0.5) is 4.39 Å². The number of ether oxygens (including phenoxy) is 1. The molecule has 174 valence electrons. The lowest BCUT2D eigenvalue weighted by Crippen LogP contribution is -2.49. The number of carbonyl (C=O) groups excluding carboxylic acids is 2. The summed E-state index contributed by atoms with van der Waals surface area (Å²) in [5, 5.41) is 2.94. The third kappa shape index (κ3) is 8.33. The van der Waals surface area contributed by atoms with Crippen molar-refractivity contribution in [3.63, 3.8) is 0 Å². The van der Waals surface area contributed by atoms with Gasteiger partial charge in [0.05, 0.1) is 6.61 Å². The number of nitrogens with zero attached hydrogens (tertiary/aromatic N) is 1. The largest absolute Gasteiger partial charge is 0.494 e. The van der Waals surface area contributed by atoms with Crippen LogP contribution in [0.3, 0.4) is 0 Å². The molecule has 2 rings (SSSR count). The van der Waals surface area contributed by atoms with Crippen LogP contribution in [-0.2, 0) is 16.1 Å². The molecule has 0 aromatic heterocycles. The maximum Gasteiger partial charge on any atom is 0.242 e. The number of hydrogen-bond donors (Lipinski definition) is 1. The van der Waals surface area contributed by atoms with Crippen LogP contribution in [0.2, 0.25) is 0 Å². The van der Waals surface area contributed by atoms with E-state index < -0.39 is 6.04 Å². The Hall–Kier alpha value is -2.89. The highest BCUT2D eigenvalue weighted by atomic mass is 19.1. The lowest BCUT2D eigenvalue weighted by molar-refractivity contribution is -0.141. The van der Waals surface area contributed by atoms with Crippen molar-refractivity contribution in [3.8, 4) is 5.75 Å². The first-order valence-corrected chi connectivity index (χ1v) is 11.3. The first-order chi connectivity index (χ1) is 15.3. The molecule has 0 aliphatic heterocycles. The first kappa shape index (κ1) is 25.4. The van der Waals surface area contributed by atoms with Crippen LogP contribution < -0.4 is 10.1 Å². The molecule has 1 atom stereocenters. The second kappa shape index (κ2) is 12.8. The summed E-state index contributed by atoms with van der Waals surface area (Å²) in [7, 11) is 0. The molecule has 0 aliphatic rings. The summed E-state index contributed by atoms with van der Waals surface area (Å²) in [6.45, 7) is 9.18. The van der Waals surface area contributed by atoms with Gasteiger partial charge in [-0.2, -0.15) is 0 Å². The molecule has 0 saturated heterocycles. The van der Waals surface area contributed by atoms with Gasteiger partial charge in [-0.3, -0.25) is 9.59 Å². The molecule has 0 aliphatic carbocycles. The monoisotopic (exact) mass is 442 g/mol. The lowest BCUT2D eigenvalue weighted by Gasteiger charge is -2.31. The maximum absolute atomic E-state index is 13.3. The fraction of sp³-hybridized carbons (Fsp3) is 0.462. The van der Waals surface area contributed by atoms with Gasteiger partial charge in [-0.1, -0.05) is 50.6 Å². The topological polar surface area (TPSA) is 58.6 Å². The maximum atomic E-state index is 13.3. The third-order valence-corrected chi connectivity index (χ3v) is 5.16. The average Bonchev–Trinajstić information content (AvgIpc) is 2.77. The Bertz CT molecular complexity index is 850. The Kier molecular flexibility index (Phi) is 10.2. The Morgan fingerprint density at radius 1 is 1.06 bits per heavy atom. The van der Waals surface area contributed by atoms with Crippen LogP contribution in [0.15, 0.2) is 48.5 Å². The second-order valence-corrected chi connectivity index (χ2v) is 8.48. The molecule has 0 radical (unpaired) electrons. The van der Waals surface area contributed by atoms with Crippen LogP contribution in [0.5, 0.6) is 5.75 Å². The Morgan fingerprint density at radius 3 is 2.31 bits per heavy atom. The molecule has 5 nitrogen and oxygen atoms in total. The zero-order valence-corrected chi connectivity index (χ0v) is 19.6. The molecule has 0 spiro atoms. The van der Waals surface area contributed by atoms with Crippen molar-refractivity contribution in [1.29, 1.82) is 0 Å². The molecule has 0 bridgehead atoms. The van der Waals surface area contributed by atoms with Gasteiger partial charge in [0.1, 0.15) is 17.6 Å². The quantitative estimate of drug-likeness (QED) is 0.477. The van der Waals surface area contributed by atoms with Crippen LogP contribution in [0.25, 0.3) is 0 Å². The molecule has 6 heteroatoms. The van der Waals surface area contributed by atoms with E-state index in [4.69, 9.17) is 4.74 Å². The number of rotatable bonds is 12. The lowest BCUT2D eigenvalue weighted by atomic mass is 10.1. The number of halogens is 1. The summed E-state index contributed by atoms with van der Waals surface area (Å²) in [6, 6.07) is 13.2. The summed E-state index contributed by atoms with van der Waals surface area (Å²) in [5.74, 6) is 0.477. The van der Waals surface area contributed by atoms with Gasteiger partial charge in [0.15, 0.2) is 0 Å². The standard InChI is InChI=1S/C26H35FN2O3/c1-5-24(26(31)28-17-19(2)3)29(18-21-10-12-22(27)13-11-21)25(30)7-6-16-32-23-14-8-20(4)9-15-23/h8-15,19,24H,5-7,16-18H2,1-4H3,(H,28,31). The SMILES string of the molecule is CCC(C(=O)NCC(C)C)N(Cc1ccc(F)cc1)C(=O)CCCOc1ccc(C)cc1. The van der Waals surface area contributed by atoms with E-state index in [9.17, 15) is 14.0 Å². The van der Waals surface area contributed by atoms with E-state index >= 15 is 0 Å². The van der Waals surface area contributed by atoms with Crippen LogP contribution >= 0.6 is 0 Å². The summed E-state index contributed by atoms with van der Waals surface area (Å²) in [5.41, 5.74) is 1.94. The minimum Gasteiger partial charge on any atom is -0.494 e. The van der Waals surface area contributed by atoms with Crippen LogP contribution in [0, 0.1) is 18.7 Å². The van der Waals surface area contributed by atoms with Crippen LogP contribution in [-0.4, -0.2) is 35.9 Å². The van der Waals surface area contributed by atoms with Crippen molar-refractivity contribution < 1.29 is 18.7 Å². The fourth-order valence-corrected chi connectivity index (χ4v) is 3.32. The van der Waals surface area contributed by atoms with Gasteiger partial charge in [-0.05, 0) is 55.5 Å². The average molecular weight is 443 g/mol. The van der Waals surface area contributed by atoms with Gasteiger partial charge < -0.3 is 15.0 Å². The van der Waals surface area contributed by atoms with Crippen molar-refractivity contribution in [3.05, 3.63) is 65.5 Å². The van der Waals surface area contributed by atoms with E-state index in [1.807, 2.05) is 52.0 Å². The van der Waals surface area contributed by atoms with E-state index in [1.165, 1.54) is 12.1 Å². The zero-order valence-electron chi connectivity index (χ0n) is 19.6. The highest BCUT2D eigenvalue weighted by Gasteiger charge is 2.28. The molecular weight excluding hydrogens is 407 g/mol. The summed E-state index contributed by atoms with van der Waals surface area (Å²) < 4.78 is 19.1. The second-order valence-electron chi connectivity index (χ2n) is 8.48. The summed E-state index contributed by atoms with van der Waals surface area (Å²) in [4.78, 5) is 27.6. The van der Waals surface area contributed by atoms with E-state index in [0.29, 0.717) is 31.9 Å². The van der Waals surface area contributed by atoms with Crippen LogP contribution in [0.1, 0.15) is 51.2 Å². The molecule has 32 heavy (non-hydrogen) atoms. The van der Waals surface area contributed by atoms with E-state index in [1.54, 1.807) is 17.0 Å². The molecule has 2 aromatic carbocycles. The smallest absolute Gasteiger partial charge is 0.242 e.